The van der Waals surface area contributed by atoms with Gasteiger partial charge in [0.2, 0.25) is 0 Å². The zero-order chi connectivity index (χ0) is 21.4. The van der Waals surface area contributed by atoms with Crippen LogP contribution in [-0.2, 0) is 4.79 Å². The van der Waals surface area contributed by atoms with Crippen LogP contribution in [0.5, 0.6) is 0 Å². The molecule has 1 saturated heterocycles. The van der Waals surface area contributed by atoms with Crippen LogP contribution in [-0.4, -0.2) is 16.0 Å². The van der Waals surface area contributed by atoms with Crippen molar-refractivity contribution in [1.29, 1.82) is 0 Å². The van der Waals surface area contributed by atoms with E-state index in [2.05, 4.69) is 0 Å². The van der Waals surface area contributed by atoms with Gasteiger partial charge in [-0.1, -0.05) is 71.4 Å². The van der Waals surface area contributed by atoms with Crippen LogP contribution in [0.1, 0.15) is 23.0 Å². The number of rotatable bonds is 4. The lowest BCUT2D eigenvalue weighted by atomic mass is 10.1. The van der Waals surface area contributed by atoms with Crippen LogP contribution < -0.4 is 4.90 Å². The van der Waals surface area contributed by atoms with Crippen LogP contribution in [0.3, 0.4) is 0 Å². The van der Waals surface area contributed by atoms with E-state index in [-0.39, 0.29) is 11.7 Å². The summed E-state index contributed by atoms with van der Waals surface area (Å²) in [4.78, 5) is 26.2. The maximum atomic E-state index is 12.9. The highest BCUT2D eigenvalue weighted by Crippen LogP contribution is 2.38. The van der Waals surface area contributed by atoms with Gasteiger partial charge in [0.25, 0.3) is 5.91 Å². The summed E-state index contributed by atoms with van der Waals surface area (Å²) in [6.45, 7) is 1.52. The number of hydrogen-bond donors (Lipinski definition) is 0. The first-order chi connectivity index (χ1) is 14.3. The fourth-order valence-corrected chi connectivity index (χ4v) is 4.47. The summed E-state index contributed by atoms with van der Waals surface area (Å²) in [5.74, 6) is 0.907. The number of halogens is 2. The number of carbonyl (C=O) groups is 2. The summed E-state index contributed by atoms with van der Waals surface area (Å²) < 4.78 is 6.26. The van der Waals surface area contributed by atoms with E-state index in [4.69, 9.17) is 39.8 Å². The highest BCUT2D eigenvalue weighted by molar-refractivity contribution is 8.27. The van der Waals surface area contributed by atoms with Gasteiger partial charge >= 0.3 is 0 Å². The van der Waals surface area contributed by atoms with Gasteiger partial charge in [-0.2, -0.15) is 0 Å². The maximum Gasteiger partial charge on any atom is 0.270 e. The fraction of sp³-hybridized carbons (Fsp3) is 0.0455. The van der Waals surface area contributed by atoms with Crippen LogP contribution in [0.15, 0.2) is 63.9 Å². The minimum Gasteiger partial charge on any atom is -0.457 e. The Morgan fingerprint density at radius 1 is 1.07 bits per heavy atom. The third-order valence-electron chi connectivity index (χ3n) is 4.43. The Balaban J connectivity index is 1.58. The molecule has 0 radical (unpaired) electrons. The average molecular weight is 474 g/mol. The van der Waals surface area contributed by atoms with E-state index >= 15 is 0 Å². The lowest BCUT2D eigenvalue weighted by Gasteiger charge is -2.15. The van der Waals surface area contributed by atoms with Crippen LogP contribution in [0.25, 0.3) is 17.4 Å². The Morgan fingerprint density at radius 2 is 1.80 bits per heavy atom. The third kappa shape index (κ3) is 4.09. The summed E-state index contributed by atoms with van der Waals surface area (Å²) in [5.41, 5.74) is 2.03. The van der Waals surface area contributed by atoms with Crippen LogP contribution in [0.2, 0.25) is 10.0 Å². The molecule has 2 heterocycles. The predicted octanol–water partition coefficient (Wildman–Crippen LogP) is 6.86. The Morgan fingerprint density at radius 3 is 2.47 bits per heavy atom. The molecule has 0 N–H and O–H groups in total. The number of nitrogens with zero attached hydrogens (tertiary/aromatic N) is 1. The van der Waals surface area contributed by atoms with Crippen molar-refractivity contribution >= 4 is 75.0 Å². The van der Waals surface area contributed by atoms with Gasteiger partial charge in [-0.05, 0) is 37.3 Å². The summed E-state index contributed by atoms with van der Waals surface area (Å²) in [6, 6.07) is 15.7. The second-order valence-corrected chi connectivity index (χ2v) is 8.94. The molecule has 0 bridgehead atoms. The molecule has 1 fully saturated rings. The van der Waals surface area contributed by atoms with Gasteiger partial charge in [-0.3, -0.25) is 14.5 Å². The molecule has 4 nitrogen and oxygen atoms in total. The monoisotopic (exact) mass is 473 g/mol. The second kappa shape index (κ2) is 8.40. The van der Waals surface area contributed by atoms with Gasteiger partial charge in [-0.15, -0.1) is 0 Å². The minimum atomic E-state index is -0.257. The summed E-state index contributed by atoms with van der Waals surface area (Å²) in [6.07, 6.45) is 1.66. The third-order valence-corrected chi connectivity index (χ3v) is 6.47. The number of anilines is 1. The van der Waals surface area contributed by atoms with Crippen molar-refractivity contribution in [2.24, 2.45) is 0 Å². The number of carbonyl (C=O) groups excluding carboxylic acids is 2. The zero-order valence-electron chi connectivity index (χ0n) is 15.5. The molecule has 3 aromatic rings. The predicted molar refractivity (Wildman–Crippen MR) is 126 cm³/mol. The fourth-order valence-electron chi connectivity index (χ4n) is 2.90. The Labute approximate surface area is 192 Å². The van der Waals surface area contributed by atoms with Crippen molar-refractivity contribution < 1.29 is 14.0 Å². The summed E-state index contributed by atoms with van der Waals surface area (Å²) in [7, 11) is 0. The van der Waals surface area contributed by atoms with Gasteiger partial charge in [0.05, 0.1) is 20.6 Å². The van der Waals surface area contributed by atoms with E-state index in [0.29, 0.717) is 42.0 Å². The number of hydrogen-bond acceptors (Lipinski definition) is 5. The quantitative estimate of drug-likeness (QED) is 0.235. The number of furan rings is 1. The molecule has 0 saturated carbocycles. The standard InChI is InChI=1S/C22H13Cl2NO3S2/c1-12(26)13-2-4-14(5-3-13)19-9-7-16(28-19)11-20-21(27)25(22(29)30-20)15-6-8-17(23)18(24)10-15/h2-11H,1H3/b20-11-. The van der Waals surface area contributed by atoms with Crippen molar-refractivity contribution in [1.82, 2.24) is 0 Å². The number of thioether (sulfide) groups is 1. The van der Waals surface area contributed by atoms with Gasteiger partial charge < -0.3 is 4.42 Å². The van der Waals surface area contributed by atoms with Crippen molar-refractivity contribution in [2.75, 3.05) is 4.90 Å². The van der Waals surface area contributed by atoms with E-state index in [1.54, 1.807) is 42.5 Å². The molecular formula is C22H13Cl2NO3S2. The highest BCUT2D eigenvalue weighted by atomic mass is 35.5. The van der Waals surface area contributed by atoms with Crippen molar-refractivity contribution in [3.05, 3.63) is 80.9 Å². The Hall–Kier alpha value is -2.38. The first-order valence-electron chi connectivity index (χ1n) is 8.78. The molecule has 2 aromatic carbocycles. The Kier molecular flexibility index (Phi) is 5.84. The number of Topliss-reactive ketones (excluding diaryl/α,β-unsaturated/α-hetero) is 1. The number of benzene rings is 2. The van der Waals surface area contributed by atoms with E-state index in [1.807, 2.05) is 18.2 Å². The van der Waals surface area contributed by atoms with Crippen LogP contribution in [0, 0.1) is 0 Å². The van der Waals surface area contributed by atoms with Crippen LogP contribution >= 0.6 is 47.2 Å². The van der Waals surface area contributed by atoms with Gasteiger partial charge in [-0.25, -0.2) is 0 Å². The zero-order valence-corrected chi connectivity index (χ0v) is 18.7. The highest BCUT2D eigenvalue weighted by Gasteiger charge is 2.33. The lowest BCUT2D eigenvalue weighted by Crippen LogP contribution is -2.27. The van der Waals surface area contributed by atoms with E-state index < -0.39 is 0 Å². The minimum absolute atomic E-state index is 0.00526. The van der Waals surface area contributed by atoms with E-state index in [1.165, 1.54) is 23.6 Å². The molecule has 1 amide bonds. The number of ketones is 1. The SMILES string of the molecule is CC(=O)c1ccc(-c2ccc(/C=C3\SC(=S)N(c4ccc(Cl)c(Cl)c4)C3=O)o2)cc1. The average Bonchev–Trinajstić information content (AvgIpc) is 3.29. The van der Waals surface area contributed by atoms with Crippen LogP contribution in [0.4, 0.5) is 5.69 Å². The largest absolute Gasteiger partial charge is 0.457 e. The molecule has 8 heteroatoms. The maximum absolute atomic E-state index is 12.9. The summed E-state index contributed by atoms with van der Waals surface area (Å²) >= 11 is 18.6. The molecule has 4 rings (SSSR count). The Bertz CT molecular complexity index is 1220. The second-order valence-electron chi connectivity index (χ2n) is 6.45. The molecule has 150 valence electrons. The molecular weight excluding hydrogens is 461 g/mol. The number of amides is 1. The lowest BCUT2D eigenvalue weighted by molar-refractivity contribution is -0.113. The van der Waals surface area contributed by atoms with Gasteiger partial charge in [0.1, 0.15) is 11.5 Å². The number of thiocarbonyl (C=S) groups is 1. The molecule has 1 aliphatic rings. The topological polar surface area (TPSA) is 50.5 Å². The molecule has 1 aromatic heterocycles. The molecule has 0 unspecified atom stereocenters. The molecule has 30 heavy (non-hydrogen) atoms. The van der Waals surface area contributed by atoms with E-state index in [9.17, 15) is 9.59 Å². The van der Waals surface area contributed by atoms with Gasteiger partial charge in [0, 0.05) is 17.2 Å². The normalized spacial score (nSPS) is 15.3. The first-order valence-corrected chi connectivity index (χ1v) is 10.8. The van der Waals surface area contributed by atoms with Crippen molar-refractivity contribution in [2.45, 2.75) is 6.92 Å². The van der Waals surface area contributed by atoms with Crippen molar-refractivity contribution in [3.63, 3.8) is 0 Å². The van der Waals surface area contributed by atoms with Crippen molar-refractivity contribution in [3.8, 4) is 11.3 Å². The molecule has 0 spiro atoms. The van der Waals surface area contributed by atoms with Gasteiger partial charge in [0.15, 0.2) is 10.1 Å². The smallest absolute Gasteiger partial charge is 0.270 e. The molecule has 0 atom stereocenters. The van der Waals surface area contributed by atoms with E-state index in [0.717, 1.165) is 5.56 Å². The first kappa shape index (κ1) is 20.9. The molecule has 0 aliphatic carbocycles. The molecule has 1 aliphatic heterocycles. The summed E-state index contributed by atoms with van der Waals surface area (Å²) in [5, 5.41) is 0.750.